The van der Waals surface area contributed by atoms with E-state index in [1.54, 1.807) is 0 Å². The minimum absolute atomic E-state index is 0.0104. The van der Waals surface area contributed by atoms with Crippen LogP contribution in [0, 0.1) is 0 Å². The van der Waals surface area contributed by atoms with Gasteiger partial charge in [0.2, 0.25) is 0 Å². The highest BCUT2D eigenvalue weighted by molar-refractivity contribution is 5.67. The molecule has 0 aliphatic carbocycles. The number of ether oxygens (including phenoxy) is 2. The first-order chi connectivity index (χ1) is 10.3. The molecule has 5 heteroatoms. The summed E-state index contributed by atoms with van der Waals surface area (Å²) in [6, 6.07) is 10.0. The fourth-order valence-corrected chi connectivity index (χ4v) is 1.92. The molecule has 2 atom stereocenters. The fraction of sp³-hybridized carbons (Fsp3) is 0.588. The predicted octanol–water partition coefficient (Wildman–Crippen LogP) is 3.40. The molecular formula is C17H28N2O3. The first kappa shape index (κ1) is 18.5. The van der Waals surface area contributed by atoms with Gasteiger partial charge in [-0.25, -0.2) is 10.2 Å². The average Bonchev–Trinajstić information content (AvgIpc) is 2.45. The van der Waals surface area contributed by atoms with Crippen molar-refractivity contribution in [2.45, 2.75) is 65.4 Å². The number of amides is 1. The van der Waals surface area contributed by atoms with Crippen molar-refractivity contribution in [1.29, 1.82) is 0 Å². The second-order valence-corrected chi connectivity index (χ2v) is 6.29. The monoisotopic (exact) mass is 308 g/mol. The lowest BCUT2D eigenvalue weighted by Gasteiger charge is -2.26. The Hall–Kier alpha value is -1.59. The van der Waals surface area contributed by atoms with E-state index in [-0.39, 0.29) is 12.1 Å². The average molecular weight is 308 g/mol. The zero-order chi connectivity index (χ0) is 16.6. The first-order valence-corrected chi connectivity index (χ1v) is 7.72. The van der Waals surface area contributed by atoms with Gasteiger partial charge in [0.25, 0.3) is 0 Å². The van der Waals surface area contributed by atoms with Crippen molar-refractivity contribution < 1.29 is 14.3 Å². The smallest absolute Gasteiger partial charge is 0.422 e. The highest BCUT2D eigenvalue weighted by Gasteiger charge is 2.19. The number of carbonyl (C=O) groups excluding carboxylic acids is 1. The van der Waals surface area contributed by atoms with Crippen LogP contribution in [-0.2, 0) is 16.1 Å². The summed E-state index contributed by atoms with van der Waals surface area (Å²) in [4.78, 5) is 11.6. The molecule has 1 rings (SSSR count). The molecule has 0 aliphatic rings. The van der Waals surface area contributed by atoms with Gasteiger partial charge in [-0.15, -0.1) is 0 Å². The summed E-state index contributed by atoms with van der Waals surface area (Å²) in [6.07, 6.45) is 0.299. The van der Waals surface area contributed by atoms with Gasteiger partial charge in [0.15, 0.2) is 0 Å². The molecule has 0 fully saturated rings. The van der Waals surface area contributed by atoms with Crippen molar-refractivity contribution >= 4 is 6.09 Å². The van der Waals surface area contributed by atoms with Crippen LogP contribution in [0.4, 0.5) is 4.79 Å². The number of nitrogens with one attached hydrogen (secondary N) is 2. The van der Waals surface area contributed by atoms with Gasteiger partial charge in [-0.05, 0) is 39.7 Å². The van der Waals surface area contributed by atoms with Gasteiger partial charge in [0.1, 0.15) is 5.60 Å². The summed E-state index contributed by atoms with van der Waals surface area (Å²) in [5.41, 5.74) is 6.17. The van der Waals surface area contributed by atoms with Gasteiger partial charge >= 0.3 is 6.09 Å². The SMILES string of the molecule is CCC(NNC(=O)OC(C)(C)C)[C@@H](C)OCc1ccccc1. The maximum Gasteiger partial charge on any atom is 0.422 e. The van der Waals surface area contributed by atoms with Crippen LogP contribution >= 0.6 is 0 Å². The van der Waals surface area contributed by atoms with Gasteiger partial charge in [-0.3, -0.25) is 5.43 Å². The molecule has 22 heavy (non-hydrogen) atoms. The summed E-state index contributed by atoms with van der Waals surface area (Å²) < 4.78 is 11.0. The largest absolute Gasteiger partial charge is 0.443 e. The van der Waals surface area contributed by atoms with Crippen molar-refractivity contribution in [3.63, 3.8) is 0 Å². The Balaban J connectivity index is 2.38. The van der Waals surface area contributed by atoms with Gasteiger partial charge < -0.3 is 9.47 Å². The fourth-order valence-electron chi connectivity index (χ4n) is 1.92. The molecule has 0 saturated heterocycles. The molecule has 1 unspecified atom stereocenters. The molecule has 0 saturated carbocycles. The van der Waals surface area contributed by atoms with E-state index in [4.69, 9.17) is 9.47 Å². The maximum absolute atomic E-state index is 11.6. The Kier molecular flexibility index (Phi) is 7.35. The Labute approximate surface area is 133 Å². The molecular weight excluding hydrogens is 280 g/mol. The van der Waals surface area contributed by atoms with E-state index in [1.165, 1.54) is 0 Å². The Morgan fingerprint density at radius 3 is 2.41 bits per heavy atom. The molecule has 0 aromatic heterocycles. The molecule has 1 aromatic rings. The van der Waals surface area contributed by atoms with E-state index in [9.17, 15) is 4.79 Å². The Bertz CT molecular complexity index is 443. The third kappa shape index (κ3) is 7.43. The zero-order valence-electron chi connectivity index (χ0n) is 14.2. The second kappa shape index (κ2) is 8.76. The number of carbonyl (C=O) groups is 1. The van der Waals surface area contributed by atoms with Crippen LogP contribution in [-0.4, -0.2) is 23.8 Å². The predicted molar refractivity (Wildman–Crippen MR) is 87.3 cm³/mol. The van der Waals surface area contributed by atoms with E-state index in [0.717, 1.165) is 12.0 Å². The summed E-state index contributed by atoms with van der Waals surface area (Å²) in [7, 11) is 0. The first-order valence-electron chi connectivity index (χ1n) is 7.72. The van der Waals surface area contributed by atoms with E-state index in [0.29, 0.717) is 6.61 Å². The topological polar surface area (TPSA) is 59.6 Å². The van der Waals surface area contributed by atoms with Crippen LogP contribution in [0.15, 0.2) is 30.3 Å². The van der Waals surface area contributed by atoms with Crippen molar-refractivity contribution in [2.75, 3.05) is 0 Å². The Morgan fingerprint density at radius 2 is 1.86 bits per heavy atom. The zero-order valence-corrected chi connectivity index (χ0v) is 14.2. The number of benzene rings is 1. The van der Waals surface area contributed by atoms with Gasteiger partial charge in [0, 0.05) is 0 Å². The van der Waals surface area contributed by atoms with Crippen LogP contribution in [0.1, 0.15) is 46.6 Å². The lowest BCUT2D eigenvalue weighted by molar-refractivity contribution is 0.0168. The van der Waals surface area contributed by atoms with Crippen molar-refractivity contribution in [3.05, 3.63) is 35.9 Å². The molecule has 0 aliphatic heterocycles. The van der Waals surface area contributed by atoms with E-state index >= 15 is 0 Å². The Morgan fingerprint density at radius 1 is 1.23 bits per heavy atom. The molecule has 0 bridgehead atoms. The summed E-state index contributed by atoms with van der Waals surface area (Å²) >= 11 is 0. The third-order valence-electron chi connectivity index (χ3n) is 3.12. The standard InChI is InChI=1S/C17H28N2O3/c1-6-15(18-19-16(20)22-17(3,4)5)13(2)21-12-14-10-8-7-9-11-14/h7-11,13,15,18H,6,12H2,1-5H3,(H,19,20)/t13-,15?/m1/s1. The van der Waals surface area contributed by atoms with E-state index in [1.807, 2.05) is 65.0 Å². The van der Waals surface area contributed by atoms with Crippen molar-refractivity contribution in [3.8, 4) is 0 Å². The molecule has 0 heterocycles. The lowest BCUT2D eigenvalue weighted by atomic mass is 10.1. The van der Waals surface area contributed by atoms with Crippen LogP contribution in [0.2, 0.25) is 0 Å². The van der Waals surface area contributed by atoms with Crippen LogP contribution in [0.5, 0.6) is 0 Å². The number of hydrogen-bond acceptors (Lipinski definition) is 4. The minimum Gasteiger partial charge on any atom is -0.443 e. The third-order valence-corrected chi connectivity index (χ3v) is 3.12. The number of rotatable bonds is 7. The number of hydrazine groups is 1. The van der Waals surface area contributed by atoms with Crippen LogP contribution in [0.25, 0.3) is 0 Å². The summed E-state index contributed by atoms with van der Waals surface area (Å²) in [5, 5.41) is 0. The quantitative estimate of drug-likeness (QED) is 0.758. The van der Waals surface area contributed by atoms with Gasteiger partial charge in [-0.1, -0.05) is 37.3 Å². The van der Waals surface area contributed by atoms with Crippen LogP contribution in [0.3, 0.4) is 0 Å². The minimum atomic E-state index is -0.511. The molecule has 2 N–H and O–H groups in total. The highest BCUT2D eigenvalue weighted by Crippen LogP contribution is 2.09. The summed E-state index contributed by atoms with van der Waals surface area (Å²) in [5.74, 6) is 0. The van der Waals surface area contributed by atoms with Crippen molar-refractivity contribution in [1.82, 2.24) is 10.9 Å². The maximum atomic E-state index is 11.6. The number of hydrogen-bond donors (Lipinski definition) is 2. The van der Waals surface area contributed by atoms with Gasteiger partial charge in [-0.2, -0.15) is 0 Å². The molecule has 5 nitrogen and oxygen atoms in total. The summed E-state index contributed by atoms with van der Waals surface area (Å²) in [6.45, 7) is 10.1. The van der Waals surface area contributed by atoms with Crippen LogP contribution < -0.4 is 10.9 Å². The van der Waals surface area contributed by atoms with E-state index < -0.39 is 11.7 Å². The second-order valence-electron chi connectivity index (χ2n) is 6.29. The molecule has 1 aromatic carbocycles. The molecule has 124 valence electrons. The molecule has 0 spiro atoms. The lowest BCUT2D eigenvalue weighted by Crippen LogP contribution is -2.50. The molecule has 0 radical (unpaired) electrons. The highest BCUT2D eigenvalue weighted by atomic mass is 16.6. The van der Waals surface area contributed by atoms with Gasteiger partial charge in [0.05, 0.1) is 18.8 Å². The van der Waals surface area contributed by atoms with Crippen molar-refractivity contribution in [2.24, 2.45) is 0 Å². The van der Waals surface area contributed by atoms with E-state index in [2.05, 4.69) is 10.9 Å². The molecule has 1 amide bonds. The normalized spacial score (nSPS) is 14.2.